The molecule has 0 saturated carbocycles. The standard InChI is InChI=1S/C23H27N5O2S/c1-16-5-4-6-17(2)27(16)21(29)15-31-23-26-25-22(18-11-13-24-14-12-18)28(23)19-7-9-20(30-3)10-8-19/h7-14,16-17H,4-6,15H2,1-3H3/t16-,17-/m1/s1. The summed E-state index contributed by atoms with van der Waals surface area (Å²) in [6, 6.07) is 12.1. The van der Waals surface area contributed by atoms with Crippen LogP contribution < -0.4 is 4.74 Å². The van der Waals surface area contributed by atoms with Gasteiger partial charge < -0.3 is 9.64 Å². The van der Waals surface area contributed by atoms with Gasteiger partial charge >= 0.3 is 0 Å². The fourth-order valence-corrected chi connectivity index (χ4v) is 4.95. The van der Waals surface area contributed by atoms with Crippen molar-refractivity contribution in [3.8, 4) is 22.8 Å². The highest BCUT2D eigenvalue weighted by Gasteiger charge is 2.29. The van der Waals surface area contributed by atoms with Crippen molar-refractivity contribution < 1.29 is 9.53 Å². The summed E-state index contributed by atoms with van der Waals surface area (Å²) >= 11 is 1.42. The van der Waals surface area contributed by atoms with Gasteiger partial charge in [-0.15, -0.1) is 10.2 Å². The Bertz CT molecular complexity index is 1010. The first kappa shape index (κ1) is 21.4. The lowest BCUT2D eigenvalue weighted by molar-refractivity contribution is -0.134. The number of nitrogens with zero attached hydrogens (tertiary/aromatic N) is 5. The van der Waals surface area contributed by atoms with E-state index in [1.807, 2.05) is 45.9 Å². The Morgan fingerprint density at radius 1 is 1.06 bits per heavy atom. The van der Waals surface area contributed by atoms with E-state index in [0.717, 1.165) is 29.8 Å². The molecule has 0 unspecified atom stereocenters. The molecule has 31 heavy (non-hydrogen) atoms. The molecule has 0 N–H and O–H groups in total. The number of ether oxygens (including phenoxy) is 1. The van der Waals surface area contributed by atoms with E-state index in [-0.39, 0.29) is 18.0 Å². The van der Waals surface area contributed by atoms with Gasteiger partial charge in [-0.25, -0.2) is 0 Å². The van der Waals surface area contributed by atoms with Gasteiger partial charge in [-0.3, -0.25) is 14.3 Å². The maximum atomic E-state index is 13.0. The Balaban J connectivity index is 1.63. The van der Waals surface area contributed by atoms with Crippen molar-refractivity contribution >= 4 is 17.7 Å². The highest BCUT2D eigenvalue weighted by Crippen LogP contribution is 2.30. The van der Waals surface area contributed by atoms with Crippen molar-refractivity contribution in [3.05, 3.63) is 48.8 Å². The number of piperidine rings is 1. The van der Waals surface area contributed by atoms with Gasteiger partial charge in [-0.2, -0.15) is 0 Å². The van der Waals surface area contributed by atoms with Gasteiger partial charge in [0.25, 0.3) is 0 Å². The van der Waals surface area contributed by atoms with Crippen molar-refractivity contribution in [2.45, 2.75) is 50.4 Å². The van der Waals surface area contributed by atoms with Gasteiger partial charge in [0.05, 0.1) is 12.9 Å². The SMILES string of the molecule is COc1ccc(-n2c(SCC(=O)N3[C@H](C)CCC[C@H]3C)nnc2-c2ccncc2)cc1. The molecule has 8 heteroatoms. The van der Waals surface area contributed by atoms with Crippen LogP contribution in [0.4, 0.5) is 0 Å². The number of methoxy groups -OCH3 is 1. The van der Waals surface area contributed by atoms with E-state index >= 15 is 0 Å². The molecule has 1 aliphatic rings. The second-order valence-corrected chi connectivity index (χ2v) is 8.74. The number of thioether (sulfide) groups is 1. The molecule has 1 amide bonds. The lowest BCUT2D eigenvalue weighted by Crippen LogP contribution is -2.48. The quantitative estimate of drug-likeness (QED) is 0.538. The molecule has 0 aliphatic carbocycles. The van der Waals surface area contributed by atoms with Gasteiger partial charge in [0.15, 0.2) is 11.0 Å². The van der Waals surface area contributed by atoms with Crippen molar-refractivity contribution in [1.82, 2.24) is 24.6 Å². The summed E-state index contributed by atoms with van der Waals surface area (Å²) in [5.41, 5.74) is 1.82. The number of carbonyl (C=O) groups excluding carboxylic acids is 1. The Hall–Kier alpha value is -2.87. The molecule has 1 aliphatic heterocycles. The summed E-state index contributed by atoms with van der Waals surface area (Å²) < 4.78 is 7.28. The topological polar surface area (TPSA) is 73.1 Å². The summed E-state index contributed by atoms with van der Waals surface area (Å²) in [6.45, 7) is 4.28. The first-order valence-electron chi connectivity index (χ1n) is 10.5. The minimum atomic E-state index is 0.152. The number of hydrogen-bond donors (Lipinski definition) is 0. The van der Waals surface area contributed by atoms with Crippen LogP contribution in [0.2, 0.25) is 0 Å². The van der Waals surface area contributed by atoms with Crippen LogP contribution in [0.1, 0.15) is 33.1 Å². The molecule has 1 aromatic carbocycles. The zero-order chi connectivity index (χ0) is 21.8. The first-order chi connectivity index (χ1) is 15.1. The molecule has 3 heterocycles. The number of carbonyl (C=O) groups is 1. The smallest absolute Gasteiger partial charge is 0.233 e. The monoisotopic (exact) mass is 437 g/mol. The maximum Gasteiger partial charge on any atom is 0.233 e. The van der Waals surface area contributed by atoms with Crippen LogP contribution in [-0.2, 0) is 4.79 Å². The minimum absolute atomic E-state index is 0.152. The summed E-state index contributed by atoms with van der Waals surface area (Å²) in [5.74, 6) is 1.97. The van der Waals surface area contributed by atoms with E-state index in [2.05, 4.69) is 29.0 Å². The molecule has 2 atom stereocenters. The van der Waals surface area contributed by atoms with Crippen molar-refractivity contribution in [3.63, 3.8) is 0 Å². The van der Waals surface area contributed by atoms with Crippen molar-refractivity contribution in [2.24, 2.45) is 0 Å². The van der Waals surface area contributed by atoms with Crippen LogP contribution in [0.15, 0.2) is 53.9 Å². The number of rotatable bonds is 6. The zero-order valence-corrected chi connectivity index (χ0v) is 18.9. The third-order valence-corrected chi connectivity index (χ3v) is 6.62. The molecule has 0 bridgehead atoms. The van der Waals surface area contributed by atoms with E-state index in [1.165, 1.54) is 18.2 Å². The number of amides is 1. The minimum Gasteiger partial charge on any atom is -0.497 e. The Kier molecular flexibility index (Phi) is 6.56. The maximum absolute atomic E-state index is 13.0. The second kappa shape index (κ2) is 9.51. The van der Waals surface area contributed by atoms with Crippen LogP contribution in [0.3, 0.4) is 0 Å². The van der Waals surface area contributed by atoms with Crippen LogP contribution in [0, 0.1) is 0 Å². The van der Waals surface area contributed by atoms with Crippen LogP contribution in [0.25, 0.3) is 17.1 Å². The van der Waals surface area contributed by atoms with Crippen LogP contribution >= 0.6 is 11.8 Å². The highest BCUT2D eigenvalue weighted by atomic mass is 32.2. The zero-order valence-electron chi connectivity index (χ0n) is 18.1. The Labute approximate surface area is 186 Å². The first-order valence-corrected chi connectivity index (χ1v) is 11.5. The summed E-state index contributed by atoms with van der Waals surface area (Å²) in [4.78, 5) is 19.2. The normalized spacial score (nSPS) is 18.7. The molecule has 3 aromatic rings. The average molecular weight is 438 g/mol. The third kappa shape index (κ3) is 4.58. The van der Waals surface area contributed by atoms with Gasteiger partial charge in [0.1, 0.15) is 5.75 Å². The fraction of sp³-hybridized carbons (Fsp3) is 0.391. The third-order valence-electron chi connectivity index (χ3n) is 5.71. The lowest BCUT2D eigenvalue weighted by Gasteiger charge is -2.39. The Morgan fingerprint density at radius 2 is 1.74 bits per heavy atom. The average Bonchev–Trinajstić information content (AvgIpc) is 3.22. The predicted molar refractivity (Wildman–Crippen MR) is 121 cm³/mol. The molecule has 1 saturated heterocycles. The molecule has 2 aromatic heterocycles. The largest absolute Gasteiger partial charge is 0.497 e. The summed E-state index contributed by atoms with van der Waals surface area (Å²) in [5, 5.41) is 9.54. The van der Waals surface area contributed by atoms with Gasteiger partial charge in [-0.1, -0.05) is 11.8 Å². The fourth-order valence-electron chi connectivity index (χ4n) is 4.13. The van der Waals surface area contributed by atoms with E-state index in [9.17, 15) is 4.79 Å². The molecular weight excluding hydrogens is 410 g/mol. The summed E-state index contributed by atoms with van der Waals surface area (Å²) in [6.07, 6.45) is 6.78. The predicted octanol–water partition coefficient (Wildman–Crippen LogP) is 4.22. The van der Waals surface area contributed by atoms with E-state index in [1.54, 1.807) is 19.5 Å². The van der Waals surface area contributed by atoms with Gasteiger partial charge in [0.2, 0.25) is 5.91 Å². The van der Waals surface area contributed by atoms with Crippen LogP contribution in [0.5, 0.6) is 5.75 Å². The molecule has 4 rings (SSSR count). The molecule has 0 radical (unpaired) electrons. The molecule has 1 fully saturated rings. The van der Waals surface area contributed by atoms with Crippen molar-refractivity contribution in [2.75, 3.05) is 12.9 Å². The molecular formula is C23H27N5O2S. The number of pyridine rings is 1. The molecule has 162 valence electrons. The molecule has 7 nitrogen and oxygen atoms in total. The van der Waals surface area contributed by atoms with Gasteiger partial charge in [-0.05, 0) is 69.5 Å². The lowest BCUT2D eigenvalue weighted by atomic mass is 9.98. The number of likely N-dealkylation sites (tertiary alicyclic amines) is 1. The van der Waals surface area contributed by atoms with E-state index in [0.29, 0.717) is 16.7 Å². The number of benzene rings is 1. The molecule has 0 spiro atoms. The summed E-state index contributed by atoms with van der Waals surface area (Å²) in [7, 11) is 1.64. The van der Waals surface area contributed by atoms with E-state index in [4.69, 9.17) is 4.74 Å². The highest BCUT2D eigenvalue weighted by molar-refractivity contribution is 7.99. The second-order valence-electron chi connectivity index (χ2n) is 7.79. The van der Waals surface area contributed by atoms with Gasteiger partial charge in [0, 0.05) is 35.7 Å². The van der Waals surface area contributed by atoms with Crippen molar-refractivity contribution in [1.29, 1.82) is 0 Å². The van der Waals surface area contributed by atoms with E-state index < -0.39 is 0 Å². The number of aromatic nitrogens is 4. The Morgan fingerprint density at radius 3 is 2.39 bits per heavy atom. The van der Waals surface area contributed by atoms with Crippen LogP contribution in [-0.4, -0.2) is 55.5 Å². The number of hydrogen-bond acceptors (Lipinski definition) is 6.